The monoisotopic (exact) mass is 614 g/mol. The molecule has 1 atom stereocenters. The van der Waals surface area contributed by atoms with Gasteiger partial charge in [0, 0.05) is 41.0 Å². The first-order valence-corrected chi connectivity index (χ1v) is 15.4. The van der Waals surface area contributed by atoms with Gasteiger partial charge in [-0.15, -0.1) is 0 Å². The number of piperazine rings is 1. The highest BCUT2D eigenvalue weighted by atomic mass is 35.5. The van der Waals surface area contributed by atoms with Crippen LogP contribution < -0.4 is 9.64 Å². The molecule has 0 saturated carbocycles. The zero-order chi connectivity index (χ0) is 30.4. The topological polar surface area (TPSA) is 106 Å². The Morgan fingerprint density at radius 3 is 2.59 bits per heavy atom. The number of aromatic nitrogens is 2. The van der Waals surface area contributed by atoms with Gasteiger partial charge in [0.1, 0.15) is 17.9 Å². The molecule has 7 rings (SSSR count). The molecule has 0 bridgehead atoms. The smallest absolute Gasteiger partial charge is 0.407 e. The molecule has 0 spiro atoms. The van der Waals surface area contributed by atoms with Crippen LogP contribution in [-0.4, -0.2) is 81.9 Å². The maximum absolute atomic E-state index is 16.7. The molecule has 3 fully saturated rings. The Kier molecular flexibility index (Phi) is 7.39. The number of carbonyl (C=O) groups is 1. The van der Waals surface area contributed by atoms with Crippen molar-refractivity contribution in [3.05, 3.63) is 59.4 Å². The Morgan fingerprint density at radius 1 is 1.07 bits per heavy atom. The van der Waals surface area contributed by atoms with Crippen molar-refractivity contribution in [2.75, 3.05) is 44.2 Å². The van der Waals surface area contributed by atoms with E-state index in [-0.39, 0.29) is 36.6 Å². The molecule has 9 nitrogen and oxygen atoms in total. The lowest BCUT2D eigenvalue weighted by molar-refractivity contribution is 0.107. The van der Waals surface area contributed by atoms with Crippen molar-refractivity contribution < 1.29 is 19.0 Å². The second-order valence-electron chi connectivity index (χ2n) is 11.9. The van der Waals surface area contributed by atoms with Gasteiger partial charge < -0.3 is 19.6 Å². The van der Waals surface area contributed by atoms with Crippen molar-refractivity contribution in [3.8, 4) is 23.2 Å². The molecule has 226 valence electrons. The highest BCUT2D eigenvalue weighted by Gasteiger charge is 2.45. The Hall–Kier alpha value is -4.20. The molecular formula is C33H32ClFN6O3. The van der Waals surface area contributed by atoms with E-state index in [0.717, 1.165) is 49.5 Å². The number of hydrogen-bond acceptors (Lipinski definition) is 7. The summed E-state index contributed by atoms with van der Waals surface area (Å²) in [4.78, 5) is 27.0. The number of carboxylic acid groups (broad SMARTS) is 1. The van der Waals surface area contributed by atoms with Gasteiger partial charge in [0.05, 0.1) is 24.1 Å². The maximum Gasteiger partial charge on any atom is 0.407 e. The number of benzene rings is 3. The van der Waals surface area contributed by atoms with Crippen LogP contribution in [0.3, 0.4) is 0 Å². The van der Waals surface area contributed by atoms with Crippen LogP contribution in [0.2, 0.25) is 5.02 Å². The third-order valence-electron chi connectivity index (χ3n) is 9.55. The molecule has 0 unspecified atom stereocenters. The summed E-state index contributed by atoms with van der Waals surface area (Å²) < 4.78 is 23.0. The lowest BCUT2D eigenvalue weighted by Crippen LogP contribution is -2.55. The summed E-state index contributed by atoms with van der Waals surface area (Å²) in [6.45, 7) is 3.28. The van der Waals surface area contributed by atoms with Gasteiger partial charge in [-0.25, -0.2) is 9.18 Å². The lowest BCUT2D eigenvalue weighted by atomic mass is 9.95. The summed E-state index contributed by atoms with van der Waals surface area (Å²) in [5.41, 5.74) is 1.09. The van der Waals surface area contributed by atoms with Gasteiger partial charge in [-0.05, 0) is 61.9 Å². The Bertz CT molecular complexity index is 1800. The number of nitrogens with zero attached hydrogens (tertiary/aromatic N) is 6. The van der Waals surface area contributed by atoms with Crippen LogP contribution >= 0.6 is 11.6 Å². The van der Waals surface area contributed by atoms with Gasteiger partial charge >= 0.3 is 12.1 Å². The minimum absolute atomic E-state index is 0.0356. The van der Waals surface area contributed by atoms with Crippen LogP contribution in [0.25, 0.3) is 32.8 Å². The first kappa shape index (κ1) is 28.6. The van der Waals surface area contributed by atoms with E-state index in [1.165, 1.54) is 4.90 Å². The predicted octanol–water partition coefficient (Wildman–Crippen LogP) is 6.33. The highest BCUT2D eigenvalue weighted by Crippen LogP contribution is 2.41. The number of hydrogen-bond donors (Lipinski definition) is 1. The molecule has 3 aliphatic heterocycles. The fraction of sp³-hybridized carbons (Fsp3) is 0.394. The van der Waals surface area contributed by atoms with Crippen LogP contribution in [-0.2, 0) is 0 Å². The van der Waals surface area contributed by atoms with E-state index >= 15 is 4.39 Å². The summed E-state index contributed by atoms with van der Waals surface area (Å²) in [5.74, 6) is -0.0470. The van der Waals surface area contributed by atoms with Gasteiger partial charge in [0.25, 0.3) is 0 Å². The van der Waals surface area contributed by atoms with Gasteiger partial charge in [0.15, 0.2) is 5.82 Å². The summed E-state index contributed by atoms with van der Waals surface area (Å²) >= 11 is 6.61. The molecule has 0 aliphatic carbocycles. The number of amides is 1. The summed E-state index contributed by atoms with van der Waals surface area (Å²) in [7, 11) is 0. The second kappa shape index (κ2) is 11.4. The van der Waals surface area contributed by atoms with E-state index < -0.39 is 18.0 Å². The van der Waals surface area contributed by atoms with Crippen LogP contribution in [0.4, 0.5) is 15.0 Å². The minimum atomic E-state index is -1.07. The van der Waals surface area contributed by atoms with E-state index in [9.17, 15) is 15.2 Å². The number of nitriles is 1. The Morgan fingerprint density at radius 2 is 1.84 bits per heavy atom. The van der Waals surface area contributed by atoms with Crippen LogP contribution in [0.1, 0.15) is 32.1 Å². The summed E-state index contributed by atoms with van der Waals surface area (Å²) in [6, 6.07) is 16.4. The molecule has 1 aromatic heterocycles. The highest BCUT2D eigenvalue weighted by molar-refractivity contribution is 6.36. The number of fused-ring (bicyclic) bond motifs is 3. The SMILES string of the molecule is N#CC[C@H]1CN(c2nc(OCC34CCCN3CCC4)nc3c(F)c(-c4cccc5cccc(Cl)c45)ccc23)CCN1C(=O)O. The molecular weight excluding hydrogens is 583 g/mol. The average molecular weight is 615 g/mol. The van der Waals surface area contributed by atoms with Gasteiger partial charge in [0.2, 0.25) is 0 Å². The first-order chi connectivity index (χ1) is 21.4. The molecule has 3 aliphatic rings. The van der Waals surface area contributed by atoms with Gasteiger partial charge in [-0.1, -0.05) is 48.0 Å². The lowest BCUT2D eigenvalue weighted by Gasteiger charge is -2.40. The molecule has 4 heterocycles. The number of halogens is 2. The van der Waals surface area contributed by atoms with Crippen molar-refractivity contribution in [1.29, 1.82) is 5.26 Å². The van der Waals surface area contributed by atoms with Crippen molar-refractivity contribution in [2.45, 2.75) is 43.7 Å². The number of rotatable bonds is 6. The van der Waals surface area contributed by atoms with Crippen molar-refractivity contribution in [1.82, 2.24) is 19.8 Å². The molecule has 3 aromatic carbocycles. The summed E-state index contributed by atoms with van der Waals surface area (Å²) in [5, 5.41) is 21.8. The average Bonchev–Trinajstić information content (AvgIpc) is 3.61. The molecule has 1 N–H and O–H groups in total. The second-order valence-corrected chi connectivity index (χ2v) is 12.3. The molecule has 11 heteroatoms. The third kappa shape index (κ3) is 4.84. The zero-order valence-electron chi connectivity index (χ0n) is 24.2. The predicted molar refractivity (Wildman–Crippen MR) is 167 cm³/mol. The summed E-state index contributed by atoms with van der Waals surface area (Å²) in [6.07, 6.45) is 3.29. The molecule has 0 radical (unpaired) electrons. The Balaban J connectivity index is 1.34. The number of ether oxygens (including phenoxy) is 1. The third-order valence-corrected chi connectivity index (χ3v) is 9.86. The molecule has 1 amide bonds. The van der Waals surface area contributed by atoms with E-state index in [2.05, 4.69) is 16.0 Å². The van der Waals surface area contributed by atoms with Gasteiger partial charge in [-0.3, -0.25) is 4.90 Å². The van der Waals surface area contributed by atoms with E-state index in [1.807, 2.05) is 35.2 Å². The molecule has 3 saturated heterocycles. The largest absolute Gasteiger partial charge is 0.465 e. The van der Waals surface area contributed by atoms with Gasteiger partial charge in [-0.2, -0.15) is 15.2 Å². The fourth-order valence-electron chi connectivity index (χ4n) is 7.40. The normalized spacial score (nSPS) is 19.8. The van der Waals surface area contributed by atoms with Crippen LogP contribution in [0, 0.1) is 17.1 Å². The standard InChI is InChI=1S/C33H32ClFN6O3/c34-26-8-2-6-21-5-1-7-23(27(21)26)24-9-10-25-29(28(24)35)37-31(44-20-33-12-3-15-40(33)16-4-13-33)38-30(25)39-17-18-41(32(42)43)22(19-39)11-14-36/h1-2,5-10,22H,3-4,11-13,15-20H2,(H,42,43)/t22-/m0/s1. The van der Waals surface area contributed by atoms with Crippen molar-refractivity contribution >= 4 is 45.2 Å². The van der Waals surface area contributed by atoms with Crippen LogP contribution in [0.15, 0.2) is 48.5 Å². The number of anilines is 1. The van der Waals surface area contributed by atoms with E-state index in [0.29, 0.717) is 40.5 Å². The zero-order valence-corrected chi connectivity index (χ0v) is 24.9. The van der Waals surface area contributed by atoms with E-state index in [1.54, 1.807) is 18.2 Å². The quantitative estimate of drug-likeness (QED) is 0.269. The van der Waals surface area contributed by atoms with Crippen LogP contribution in [0.5, 0.6) is 6.01 Å². The minimum Gasteiger partial charge on any atom is -0.465 e. The maximum atomic E-state index is 16.7. The van der Waals surface area contributed by atoms with Crippen molar-refractivity contribution in [3.63, 3.8) is 0 Å². The first-order valence-electron chi connectivity index (χ1n) is 15.1. The van der Waals surface area contributed by atoms with Crippen molar-refractivity contribution in [2.24, 2.45) is 0 Å². The molecule has 44 heavy (non-hydrogen) atoms. The van der Waals surface area contributed by atoms with E-state index in [4.69, 9.17) is 21.3 Å². The fourth-order valence-corrected chi connectivity index (χ4v) is 7.68. The Labute approximate surface area is 259 Å². The molecule has 4 aromatic rings.